The summed E-state index contributed by atoms with van der Waals surface area (Å²) in [4.78, 5) is -0.142. The van der Waals surface area contributed by atoms with E-state index in [1.165, 1.54) is 6.07 Å². The predicted octanol–water partition coefficient (Wildman–Crippen LogP) is 2.60. The highest BCUT2D eigenvalue weighted by atomic mass is 32.2. The Balaban J connectivity index is 2.49. The summed E-state index contributed by atoms with van der Waals surface area (Å²) in [5.41, 5.74) is 6.92. The van der Waals surface area contributed by atoms with E-state index in [-0.39, 0.29) is 10.6 Å². The van der Waals surface area contributed by atoms with E-state index in [0.29, 0.717) is 28.3 Å². The molecule has 1 aromatic carbocycles. The van der Waals surface area contributed by atoms with Crippen LogP contribution in [0.15, 0.2) is 17.0 Å². The third kappa shape index (κ3) is 3.49. The van der Waals surface area contributed by atoms with Crippen LogP contribution in [0, 0.1) is 13.8 Å². The van der Waals surface area contributed by atoms with Crippen LogP contribution in [0.2, 0.25) is 0 Å². The molecule has 2 N–H and O–H groups in total. The highest BCUT2D eigenvalue weighted by molar-refractivity contribution is 7.89. The van der Waals surface area contributed by atoms with Gasteiger partial charge in [0.25, 0.3) is 0 Å². The second-order valence-electron chi connectivity index (χ2n) is 5.36. The number of rotatable bonds is 4. The maximum atomic E-state index is 12.7. The molecule has 0 aromatic heterocycles. The maximum absolute atomic E-state index is 12.7. The minimum atomic E-state index is -4.57. The molecule has 0 atom stereocenters. The molecule has 0 radical (unpaired) electrons. The molecule has 118 valence electrons. The number of benzene rings is 1. The van der Waals surface area contributed by atoms with Crippen LogP contribution in [-0.2, 0) is 10.0 Å². The van der Waals surface area contributed by atoms with E-state index in [0.717, 1.165) is 0 Å². The molecule has 1 aliphatic carbocycles. The average molecular weight is 322 g/mol. The van der Waals surface area contributed by atoms with E-state index in [2.05, 4.69) is 0 Å². The maximum Gasteiger partial charge on any atom is 0.402 e. The third-order valence-electron chi connectivity index (χ3n) is 3.52. The van der Waals surface area contributed by atoms with Crippen LogP contribution in [0.5, 0.6) is 0 Å². The van der Waals surface area contributed by atoms with Gasteiger partial charge in [0.15, 0.2) is 0 Å². The zero-order valence-corrected chi connectivity index (χ0v) is 12.6. The van der Waals surface area contributed by atoms with Crippen molar-refractivity contribution in [1.82, 2.24) is 4.31 Å². The van der Waals surface area contributed by atoms with Crippen molar-refractivity contribution in [1.29, 1.82) is 0 Å². The second kappa shape index (κ2) is 5.17. The average Bonchev–Trinajstić information content (AvgIpc) is 3.13. The normalized spacial score (nSPS) is 16.5. The number of anilines is 1. The summed E-state index contributed by atoms with van der Waals surface area (Å²) in [7, 11) is -4.21. The van der Waals surface area contributed by atoms with Gasteiger partial charge in [-0.25, -0.2) is 8.42 Å². The van der Waals surface area contributed by atoms with Crippen LogP contribution in [0.1, 0.15) is 24.0 Å². The van der Waals surface area contributed by atoms with E-state index in [1.807, 2.05) is 0 Å². The molecule has 1 aliphatic rings. The van der Waals surface area contributed by atoms with Gasteiger partial charge in [-0.15, -0.1) is 0 Å². The van der Waals surface area contributed by atoms with Gasteiger partial charge in [-0.3, -0.25) is 0 Å². The van der Waals surface area contributed by atoms with Crippen molar-refractivity contribution in [2.24, 2.45) is 0 Å². The Bertz CT molecular complexity index is 652. The van der Waals surface area contributed by atoms with Crippen LogP contribution in [0.4, 0.5) is 18.9 Å². The lowest BCUT2D eigenvalue weighted by Gasteiger charge is -2.24. The standard InChI is InChI=1S/C13H17F3N2O2S/c1-8-5-10(17)6-12(9(8)2)21(19,20)18(11-3-4-11)7-13(14,15)16/h5-6,11H,3-4,7,17H2,1-2H3. The largest absolute Gasteiger partial charge is 0.402 e. The highest BCUT2D eigenvalue weighted by Crippen LogP contribution is 2.36. The van der Waals surface area contributed by atoms with Gasteiger partial charge >= 0.3 is 6.18 Å². The number of hydrogen-bond donors (Lipinski definition) is 1. The molecule has 2 rings (SSSR count). The molecule has 0 unspecified atom stereocenters. The lowest BCUT2D eigenvalue weighted by molar-refractivity contribution is -0.137. The van der Waals surface area contributed by atoms with Crippen LogP contribution >= 0.6 is 0 Å². The van der Waals surface area contributed by atoms with Crippen molar-refractivity contribution < 1.29 is 21.6 Å². The second-order valence-corrected chi connectivity index (χ2v) is 7.22. The monoisotopic (exact) mass is 322 g/mol. The van der Waals surface area contributed by atoms with Crippen LogP contribution in [-0.4, -0.2) is 31.5 Å². The Hall–Kier alpha value is -1.28. The van der Waals surface area contributed by atoms with Crippen molar-refractivity contribution in [2.75, 3.05) is 12.3 Å². The van der Waals surface area contributed by atoms with Crippen molar-refractivity contribution >= 4 is 15.7 Å². The first-order valence-electron chi connectivity index (χ1n) is 6.47. The summed E-state index contributed by atoms with van der Waals surface area (Å²) in [6.07, 6.45) is -3.66. The highest BCUT2D eigenvalue weighted by Gasteiger charge is 2.45. The lowest BCUT2D eigenvalue weighted by Crippen LogP contribution is -2.40. The van der Waals surface area contributed by atoms with Crippen molar-refractivity contribution in [3.63, 3.8) is 0 Å². The fourth-order valence-corrected chi connectivity index (χ4v) is 4.20. The number of halogens is 3. The van der Waals surface area contributed by atoms with Gasteiger partial charge in [-0.2, -0.15) is 17.5 Å². The number of nitrogens with zero attached hydrogens (tertiary/aromatic N) is 1. The first-order valence-corrected chi connectivity index (χ1v) is 7.91. The summed E-state index contributed by atoms with van der Waals surface area (Å²) in [6.45, 7) is 1.78. The molecule has 1 fully saturated rings. The van der Waals surface area contributed by atoms with Crippen molar-refractivity contribution in [2.45, 2.75) is 43.8 Å². The molecule has 8 heteroatoms. The molecule has 4 nitrogen and oxygen atoms in total. The molecular formula is C13H17F3N2O2S. The topological polar surface area (TPSA) is 63.4 Å². The number of alkyl halides is 3. The van der Waals surface area contributed by atoms with E-state index < -0.39 is 28.8 Å². The quantitative estimate of drug-likeness (QED) is 0.867. The van der Waals surface area contributed by atoms with E-state index >= 15 is 0 Å². The molecule has 0 bridgehead atoms. The van der Waals surface area contributed by atoms with Gasteiger partial charge in [-0.05, 0) is 49.9 Å². The molecule has 0 spiro atoms. The smallest absolute Gasteiger partial charge is 0.399 e. The van der Waals surface area contributed by atoms with Gasteiger partial charge in [0.05, 0.1) is 4.90 Å². The summed E-state index contributed by atoms with van der Waals surface area (Å²) in [5.74, 6) is 0. The summed E-state index contributed by atoms with van der Waals surface area (Å²) < 4.78 is 63.7. The van der Waals surface area contributed by atoms with E-state index in [9.17, 15) is 21.6 Å². The first kappa shape index (κ1) is 16.1. The Labute approximate surface area is 121 Å². The summed E-state index contributed by atoms with van der Waals surface area (Å²) in [5, 5.41) is 0. The first-order chi connectivity index (χ1) is 9.52. The predicted molar refractivity (Wildman–Crippen MR) is 73.3 cm³/mol. The third-order valence-corrected chi connectivity index (χ3v) is 5.54. The zero-order valence-electron chi connectivity index (χ0n) is 11.7. The van der Waals surface area contributed by atoms with E-state index in [4.69, 9.17) is 5.73 Å². The minimum absolute atomic E-state index is 0.142. The van der Waals surface area contributed by atoms with Gasteiger partial charge in [-0.1, -0.05) is 0 Å². The molecular weight excluding hydrogens is 305 g/mol. The van der Waals surface area contributed by atoms with Crippen molar-refractivity contribution in [3.8, 4) is 0 Å². The van der Waals surface area contributed by atoms with Crippen LogP contribution < -0.4 is 5.73 Å². The fraction of sp³-hybridized carbons (Fsp3) is 0.538. The Kier molecular flexibility index (Phi) is 3.96. The Morgan fingerprint density at radius 1 is 1.29 bits per heavy atom. The summed E-state index contributed by atoms with van der Waals surface area (Å²) >= 11 is 0. The Morgan fingerprint density at radius 3 is 2.33 bits per heavy atom. The summed E-state index contributed by atoms with van der Waals surface area (Å²) in [6, 6.07) is 2.25. The molecule has 1 aromatic rings. The number of aryl methyl sites for hydroxylation is 1. The Morgan fingerprint density at radius 2 is 1.86 bits per heavy atom. The van der Waals surface area contributed by atoms with Crippen LogP contribution in [0.3, 0.4) is 0 Å². The van der Waals surface area contributed by atoms with Gasteiger partial charge in [0.1, 0.15) is 6.54 Å². The molecule has 0 heterocycles. The van der Waals surface area contributed by atoms with Gasteiger partial charge in [0.2, 0.25) is 10.0 Å². The minimum Gasteiger partial charge on any atom is -0.399 e. The lowest BCUT2D eigenvalue weighted by atomic mass is 10.1. The number of sulfonamides is 1. The molecule has 0 amide bonds. The van der Waals surface area contributed by atoms with Gasteiger partial charge < -0.3 is 5.73 Å². The van der Waals surface area contributed by atoms with Gasteiger partial charge in [0, 0.05) is 11.7 Å². The number of hydrogen-bond acceptors (Lipinski definition) is 3. The molecule has 0 aliphatic heterocycles. The number of nitrogens with two attached hydrogens (primary N) is 1. The van der Waals surface area contributed by atoms with Crippen LogP contribution in [0.25, 0.3) is 0 Å². The number of nitrogen functional groups attached to an aromatic ring is 1. The van der Waals surface area contributed by atoms with E-state index in [1.54, 1.807) is 19.9 Å². The molecule has 21 heavy (non-hydrogen) atoms. The molecule has 1 saturated carbocycles. The SMILES string of the molecule is Cc1cc(N)cc(S(=O)(=O)N(CC(F)(F)F)C2CC2)c1C. The van der Waals surface area contributed by atoms with Crippen molar-refractivity contribution in [3.05, 3.63) is 23.3 Å². The zero-order chi connectivity index (χ0) is 16.0. The molecule has 0 saturated heterocycles. The fourth-order valence-electron chi connectivity index (χ4n) is 2.20.